The van der Waals surface area contributed by atoms with E-state index in [2.05, 4.69) is 53.1 Å². The molecule has 220 valence electrons. The summed E-state index contributed by atoms with van der Waals surface area (Å²) in [5.41, 5.74) is 1.62. The van der Waals surface area contributed by atoms with E-state index in [0.717, 1.165) is 38.5 Å². The molecule has 5 aliphatic rings. The number of carbonyl (C=O) groups excluding carboxylic acids is 2. The second-order valence-corrected chi connectivity index (χ2v) is 16.1. The van der Waals surface area contributed by atoms with Gasteiger partial charge in [-0.3, -0.25) is 14.2 Å². The number of fused-ring (bicyclic) bond motifs is 7. The Morgan fingerprint density at radius 3 is 2.27 bits per heavy atom. The zero-order valence-corrected chi connectivity index (χ0v) is 26.1. The molecule has 5 aliphatic carbocycles. The topological polar surface area (TPSA) is 61.2 Å². The lowest BCUT2D eigenvalue weighted by molar-refractivity contribution is -0.247. The van der Waals surface area contributed by atoms with Crippen LogP contribution in [0.3, 0.4) is 0 Å². The van der Waals surface area contributed by atoms with E-state index in [4.69, 9.17) is 4.74 Å². The highest BCUT2D eigenvalue weighted by Crippen LogP contribution is 2.77. The van der Waals surface area contributed by atoms with Crippen molar-refractivity contribution in [3.05, 3.63) is 30.9 Å². The first kappa shape index (κ1) is 28.2. The molecule has 40 heavy (non-hydrogen) atoms. The van der Waals surface area contributed by atoms with Crippen LogP contribution in [0, 0.1) is 56.7 Å². The van der Waals surface area contributed by atoms with E-state index in [0.29, 0.717) is 29.6 Å². The third-order valence-corrected chi connectivity index (χ3v) is 14.5. The Morgan fingerprint density at radius 2 is 1.62 bits per heavy atom. The fraction of sp³-hybridized carbons (Fsp3) is 0.800. The monoisotopic (exact) mass is 548 g/mol. The van der Waals surface area contributed by atoms with E-state index >= 15 is 0 Å². The van der Waals surface area contributed by atoms with Crippen molar-refractivity contribution in [1.82, 2.24) is 9.55 Å². The second kappa shape index (κ2) is 9.04. The van der Waals surface area contributed by atoms with Gasteiger partial charge < -0.3 is 4.74 Å². The minimum Gasteiger partial charge on any atom is -0.462 e. The number of nitrogens with zero attached hydrogens (tertiary/aromatic N) is 2. The molecule has 0 saturated heterocycles. The predicted octanol–water partition coefficient (Wildman–Crippen LogP) is 8.11. The van der Waals surface area contributed by atoms with Crippen molar-refractivity contribution in [2.75, 3.05) is 0 Å². The molecule has 0 aliphatic heterocycles. The smallest absolute Gasteiger partial charge is 0.302 e. The van der Waals surface area contributed by atoms with Crippen molar-refractivity contribution in [3.63, 3.8) is 0 Å². The molecule has 0 amide bonds. The summed E-state index contributed by atoms with van der Waals surface area (Å²) < 4.78 is 7.70. The molecular weight excluding hydrogens is 496 g/mol. The number of esters is 1. The lowest BCUT2D eigenvalue weighted by Gasteiger charge is -2.72. The number of carbonyl (C=O) groups is 2. The molecule has 5 saturated carbocycles. The first-order valence-corrected chi connectivity index (χ1v) is 16.1. The van der Waals surface area contributed by atoms with Crippen molar-refractivity contribution < 1.29 is 14.3 Å². The Morgan fingerprint density at radius 1 is 0.875 bits per heavy atom. The van der Waals surface area contributed by atoms with E-state index in [9.17, 15) is 9.59 Å². The van der Waals surface area contributed by atoms with E-state index in [1.165, 1.54) is 31.3 Å². The van der Waals surface area contributed by atoms with Gasteiger partial charge in [-0.2, -0.15) is 0 Å². The van der Waals surface area contributed by atoms with Crippen LogP contribution in [0.25, 0.3) is 0 Å². The summed E-state index contributed by atoms with van der Waals surface area (Å²) in [6.07, 6.45) is 16.5. The van der Waals surface area contributed by atoms with Crippen LogP contribution >= 0.6 is 0 Å². The number of hydrogen-bond donors (Lipinski definition) is 0. The maximum absolute atomic E-state index is 14.2. The molecule has 0 N–H and O–H groups in total. The highest BCUT2D eigenvalue weighted by atomic mass is 16.5. The van der Waals surface area contributed by atoms with Gasteiger partial charge in [-0.1, -0.05) is 46.8 Å². The van der Waals surface area contributed by atoms with Gasteiger partial charge in [0, 0.05) is 24.7 Å². The summed E-state index contributed by atoms with van der Waals surface area (Å²) in [7, 11) is 0. The van der Waals surface area contributed by atoms with E-state index in [1.807, 2.05) is 6.20 Å². The Balaban J connectivity index is 1.37. The summed E-state index contributed by atoms with van der Waals surface area (Å²) in [6, 6.07) is 0. The number of hydrogen-bond acceptors (Lipinski definition) is 4. The van der Waals surface area contributed by atoms with Crippen molar-refractivity contribution >= 4 is 11.9 Å². The summed E-state index contributed by atoms with van der Waals surface area (Å²) >= 11 is 0. The summed E-state index contributed by atoms with van der Waals surface area (Å²) in [5.74, 6) is 2.64. The maximum Gasteiger partial charge on any atom is 0.302 e. The van der Waals surface area contributed by atoms with Crippen LogP contribution in [0.2, 0.25) is 0 Å². The molecule has 0 radical (unpaired) electrons. The largest absolute Gasteiger partial charge is 0.462 e. The van der Waals surface area contributed by atoms with Gasteiger partial charge in [0.05, 0.1) is 5.41 Å². The third kappa shape index (κ3) is 3.54. The zero-order valence-electron chi connectivity index (χ0n) is 26.1. The second-order valence-electron chi connectivity index (χ2n) is 16.1. The molecule has 1 aromatic heterocycles. The van der Waals surface area contributed by atoms with Gasteiger partial charge in [-0.05, 0) is 117 Å². The molecule has 1 heterocycles. The van der Waals surface area contributed by atoms with Crippen molar-refractivity contribution in [1.29, 1.82) is 0 Å². The molecule has 10 atom stereocenters. The Bertz CT molecular complexity index is 1200. The van der Waals surface area contributed by atoms with Crippen LogP contribution in [0.5, 0.6) is 0 Å². The molecule has 0 bridgehead atoms. The predicted molar refractivity (Wildman–Crippen MR) is 157 cm³/mol. The Labute approximate surface area is 241 Å². The average Bonchev–Trinajstić information content (AvgIpc) is 3.55. The van der Waals surface area contributed by atoms with E-state index in [1.54, 1.807) is 24.0 Å². The van der Waals surface area contributed by atoms with Crippen molar-refractivity contribution in [2.45, 2.75) is 119 Å². The average molecular weight is 549 g/mol. The summed E-state index contributed by atoms with van der Waals surface area (Å²) in [5, 5.41) is 0. The molecule has 0 aromatic carbocycles. The van der Waals surface area contributed by atoms with Gasteiger partial charge in [0.1, 0.15) is 12.4 Å². The highest BCUT2D eigenvalue weighted by Gasteiger charge is 2.72. The molecule has 5 heteroatoms. The lowest BCUT2D eigenvalue weighted by Crippen LogP contribution is -2.67. The molecule has 0 unspecified atom stereocenters. The minimum absolute atomic E-state index is 0.0126. The highest BCUT2D eigenvalue weighted by molar-refractivity contribution is 5.86. The van der Waals surface area contributed by atoms with Crippen LogP contribution < -0.4 is 0 Å². The fourth-order valence-corrected chi connectivity index (χ4v) is 12.5. The first-order chi connectivity index (χ1) is 18.7. The number of ether oxygens (including phenoxy) is 1. The molecule has 0 spiro atoms. The van der Waals surface area contributed by atoms with Crippen LogP contribution in [0.1, 0.15) is 117 Å². The Kier molecular flexibility index (Phi) is 6.38. The first-order valence-electron chi connectivity index (χ1n) is 16.1. The number of imidazole rings is 1. The standard InChI is InChI=1S/C35H52N2O3/c1-22(2)24-11-16-35(30(39)37-20-19-36-21-37)18-17-33(7)25(29(24)35)9-10-27-32(6)14-13-28(40-23(3)38)31(4,5)26(32)12-15-34(27,33)8/h19-21,24-29H,1,9-18H2,2-8H3/t24-,25+,26-,27+,28-,29+,32-,33+,34+,35-/m0/s1. The summed E-state index contributed by atoms with van der Waals surface area (Å²) in [6.45, 7) is 20.8. The lowest BCUT2D eigenvalue weighted by atomic mass is 9.32. The van der Waals surface area contributed by atoms with E-state index < -0.39 is 0 Å². The number of allylic oxidation sites excluding steroid dienone is 1. The van der Waals surface area contributed by atoms with Crippen molar-refractivity contribution in [2.24, 2.45) is 56.7 Å². The molecule has 5 fully saturated rings. The van der Waals surface area contributed by atoms with Crippen LogP contribution in [-0.2, 0) is 9.53 Å². The van der Waals surface area contributed by atoms with Gasteiger partial charge in [0.25, 0.3) is 0 Å². The Hall–Kier alpha value is -1.91. The number of rotatable bonds is 3. The summed E-state index contributed by atoms with van der Waals surface area (Å²) in [4.78, 5) is 30.5. The SMILES string of the molecule is C=C(C)[C@@H]1CC[C@]2(C(=O)n3ccnc3)CC[C@]3(C)[C@H](CC[C@@H]4[C@@]5(C)CC[C@H](OC(C)=O)C(C)(C)[C@@H]5CC[C@]43C)[C@@H]12. The molecule has 6 rings (SSSR count). The zero-order chi connectivity index (χ0) is 28.9. The van der Waals surface area contributed by atoms with E-state index in [-0.39, 0.29) is 45.1 Å². The van der Waals surface area contributed by atoms with Crippen molar-refractivity contribution in [3.8, 4) is 0 Å². The van der Waals surface area contributed by atoms with Gasteiger partial charge in [0.2, 0.25) is 5.91 Å². The third-order valence-electron chi connectivity index (χ3n) is 14.5. The molecular formula is C35H52N2O3. The van der Waals surface area contributed by atoms with Gasteiger partial charge in [-0.25, -0.2) is 4.98 Å². The maximum atomic E-state index is 14.2. The number of aromatic nitrogens is 2. The normalized spacial score (nSPS) is 47.3. The minimum atomic E-state index is -0.303. The van der Waals surface area contributed by atoms with Gasteiger partial charge in [-0.15, -0.1) is 0 Å². The molecule has 1 aromatic rings. The quantitative estimate of drug-likeness (QED) is 0.283. The van der Waals surface area contributed by atoms with Crippen LogP contribution in [-0.4, -0.2) is 27.5 Å². The fourth-order valence-electron chi connectivity index (χ4n) is 12.5. The van der Waals surface area contributed by atoms with Gasteiger partial charge in [0.15, 0.2) is 0 Å². The van der Waals surface area contributed by atoms with Crippen LogP contribution in [0.4, 0.5) is 0 Å². The van der Waals surface area contributed by atoms with Crippen LogP contribution in [0.15, 0.2) is 30.9 Å². The van der Waals surface area contributed by atoms with Gasteiger partial charge >= 0.3 is 5.97 Å². The molecule has 5 nitrogen and oxygen atoms in total.